The zero-order valence-corrected chi connectivity index (χ0v) is 10.1. The molecule has 6 nitrogen and oxygen atoms in total. The Morgan fingerprint density at radius 1 is 1.62 bits per heavy atom. The van der Waals surface area contributed by atoms with E-state index in [4.69, 9.17) is 16.0 Å². The lowest BCUT2D eigenvalue weighted by molar-refractivity contribution is 0.121. The molecule has 6 heteroatoms. The highest BCUT2D eigenvalue weighted by Crippen LogP contribution is 2.26. The van der Waals surface area contributed by atoms with Crippen molar-refractivity contribution >= 4 is 11.9 Å². The largest absolute Gasteiger partial charge is 0.359 e. The maximum absolute atomic E-state index is 12.0. The number of nitrogens with two attached hydrogens (primary N) is 1. The molecule has 0 aromatic carbocycles. The highest BCUT2D eigenvalue weighted by molar-refractivity contribution is 5.95. The molecule has 0 aromatic heterocycles. The SMILES string of the molecule is CCC(=N)N(N)C(=O)N1COCC1(C)CC. The number of ether oxygens (including phenoxy) is 1. The molecule has 0 aliphatic carbocycles. The summed E-state index contributed by atoms with van der Waals surface area (Å²) in [5.41, 5.74) is -0.317. The summed E-state index contributed by atoms with van der Waals surface area (Å²) in [5.74, 6) is 5.70. The van der Waals surface area contributed by atoms with E-state index in [9.17, 15) is 4.79 Å². The van der Waals surface area contributed by atoms with Crippen molar-refractivity contribution in [1.29, 1.82) is 5.41 Å². The third kappa shape index (κ3) is 2.17. The van der Waals surface area contributed by atoms with Crippen LogP contribution in [0, 0.1) is 5.41 Å². The maximum Gasteiger partial charge on any atom is 0.342 e. The van der Waals surface area contributed by atoms with Gasteiger partial charge in [-0.2, -0.15) is 0 Å². The van der Waals surface area contributed by atoms with Crippen LogP contribution in [-0.2, 0) is 4.74 Å². The number of hydrogen-bond acceptors (Lipinski definition) is 4. The summed E-state index contributed by atoms with van der Waals surface area (Å²) in [4.78, 5) is 13.6. The summed E-state index contributed by atoms with van der Waals surface area (Å²) in [6.45, 7) is 6.51. The van der Waals surface area contributed by atoms with Gasteiger partial charge in [0.15, 0.2) is 0 Å². The fourth-order valence-electron chi connectivity index (χ4n) is 1.59. The normalized spacial score (nSPS) is 24.6. The molecular weight excluding hydrogens is 208 g/mol. The van der Waals surface area contributed by atoms with E-state index in [0.717, 1.165) is 11.4 Å². The Morgan fingerprint density at radius 2 is 2.25 bits per heavy atom. The van der Waals surface area contributed by atoms with Gasteiger partial charge in [0.25, 0.3) is 0 Å². The molecule has 3 N–H and O–H groups in total. The number of amides is 2. The molecule has 92 valence electrons. The zero-order valence-electron chi connectivity index (χ0n) is 10.1. The lowest BCUT2D eigenvalue weighted by Gasteiger charge is -2.34. The standard InChI is InChI=1S/C10H20N4O2/c1-4-8(11)14(12)9(15)13-7-16-6-10(13,3)5-2/h11H,4-7,12H2,1-3H3. The number of carbonyl (C=O) groups is 1. The minimum absolute atomic E-state index is 0.107. The fourth-order valence-corrected chi connectivity index (χ4v) is 1.59. The predicted octanol–water partition coefficient (Wildman–Crippen LogP) is 1.13. The number of nitrogens with zero attached hydrogens (tertiary/aromatic N) is 2. The molecule has 1 fully saturated rings. The van der Waals surface area contributed by atoms with Crippen LogP contribution in [0.5, 0.6) is 0 Å². The number of rotatable bonds is 2. The Bertz CT molecular complexity index is 295. The van der Waals surface area contributed by atoms with Gasteiger partial charge < -0.3 is 4.74 Å². The summed E-state index contributed by atoms with van der Waals surface area (Å²) in [6.07, 6.45) is 1.23. The van der Waals surface area contributed by atoms with Crippen LogP contribution in [0.3, 0.4) is 0 Å². The quantitative estimate of drug-likeness (QED) is 0.244. The van der Waals surface area contributed by atoms with E-state index in [2.05, 4.69) is 0 Å². The number of hydrazine groups is 1. The van der Waals surface area contributed by atoms with Crippen molar-refractivity contribution in [2.45, 2.75) is 39.2 Å². The Morgan fingerprint density at radius 3 is 2.75 bits per heavy atom. The third-order valence-corrected chi connectivity index (χ3v) is 3.11. The molecule has 1 unspecified atom stereocenters. The van der Waals surface area contributed by atoms with Crippen molar-refractivity contribution in [3.05, 3.63) is 0 Å². The Balaban J connectivity index is 2.77. The molecule has 0 radical (unpaired) electrons. The van der Waals surface area contributed by atoms with E-state index in [0.29, 0.717) is 13.0 Å². The average molecular weight is 228 g/mol. The monoisotopic (exact) mass is 228 g/mol. The minimum atomic E-state index is -0.367. The number of nitrogens with one attached hydrogen (secondary N) is 1. The zero-order chi connectivity index (χ0) is 12.3. The fraction of sp³-hybridized carbons (Fsp3) is 0.800. The van der Waals surface area contributed by atoms with Crippen LogP contribution in [0.4, 0.5) is 4.79 Å². The first-order chi connectivity index (χ1) is 7.46. The molecule has 1 saturated heterocycles. The van der Waals surface area contributed by atoms with E-state index in [1.807, 2.05) is 13.8 Å². The van der Waals surface area contributed by atoms with E-state index >= 15 is 0 Å². The Labute approximate surface area is 95.8 Å². The van der Waals surface area contributed by atoms with E-state index in [-0.39, 0.29) is 24.1 Å². The summed E-state index contributed by atoms with van der Waals surface area (Å²) in [7, 11) is 0. The van der Waals surface area contributed by atoms with Gasteiger partial charge in [0, 0.05) is 6.42 Å². The molecule has 1 atom stereocenters. The first-order valence-electron chi connectivity index (χ1n) is 5.48. The highest BCUT2D eigenvalue weighted by Gasteiger charge is 2.41. The maximum atomic E-state index is 12.0. The van der Waals surface area contributed by atoms with Crippen molar-refractivity contribution < 1.29 is 9.53 Å². The lowest BCUT2D eigenvalue weighted by atomic mass is 10.00. The molecule has 0 saturated carbocycles. The summed E-state index contributed by atoms with van der Waals surface area (Å²) < 4.78 is 5.30. The molecule has 1 rings (SSSR count). The molecule has 1 aliphatic heterocycles. The molecule has 16 heavy (non-hydrogen) atoms. The number of urea groups is 1. The van der Waals surface area contributed by atoms with Crippen molar-refractivity contribution in [3.8, 4) is 0 Å². The molecule has 1 aliphatic rings. The highest BCUT2D eigenvalue weighted by atomic mass is 16.5. The van der Waals surface area contributed by atoms with Gasteiger partial charge in [0.2, 0.25) is 0 Å². The van der Waals surface area contributed by atoms with Gasteiger partial charge in [-0.25, -0.2) is 15.6 Å². The second-order valence-electron chi connectivity index (χ2n) is 4.21. The van der Waals surface area contributed by atoms with Crippen LogP contribution in [0.25, 0.3) is 0 Å². The molecule has 0 aromatic rings. The van der Waals surface area contributed by atoms with Crippen molar-refractivity contribution in [2.75, 3.05) is 13.3 Å². The summed E-state index contributed by atoms with van der Waals surface area (Å²) >= 11 is 0. The smallest absolute Gasteiger partial charge is 0.342 e. The summed E-state index contributed by atoms with van der Waals surface area (Å²) in [5, 5.41) is 8.43. The van der Waals surface area contributed by atoms with Crippen LogP contribution in [-0.4, -0.2) is 40.7 Å². The van der Waals surface area contributed by atoms with Gasteiger partial charge in [-0.05, 0) is 13.3 Å². The van der Waals surface area contributed by atoms with Gasteiger partial charge in [-0.1, -0.05) is 13.8 Å². The van der Waals surface area contributed by atoms with Gasteiger partial charge >= 0.3 is 6.03 Å². The van der Waals surface area contributed by atoms with E-state index in [1.54, 1.807) is 11.8 Å². The minimum Gasteiger partial charge on any atom is -0.359 e. The van der Waals surface area contributed by atoms with E-state index in [1.165, 1.54) is 0 Å². The summed E-state index contributed by atoms with van der Waals surface area (Å²) in [6, 6.07) is -0.367. The van der Waals surface area contributed by atoms with Crippen LogP contribution < -0.4 is 5.84 Å². The third-order valence-electron chi connectivity index (χ3n) is 3.11. The van der Waals surface area contributed by atoms with Crippen LogP contribution in [0.2, 0.25) is 0 Å². The topological polar surface area (TPSA) is 82.7 Å². The Kier molecular flexibility index (Phi) is 3.88. The van der Waals surface area contributed by atoms with Crippen LogP contribution >= 0.6 is 0 Å². The second-order valence-corrected chi connectivity index (χ2v) is 4.21. The van der Waals surface area contributed by atoms with Crippen molar-refractivity contribution in [2.24, 2.45) is 5.84 Å². The number of amidine groups is 1. The van der Waals surface area contributed by atoms with Gasteiger partial charge in [-0.15, -0.1) is 0 Å². The number of carbonyl (C=O) groups excluding carboxylic acids is 1. The van der Waals surface area contributed by atoms with E-state index < -0.39 is 0 Å². The molecule has 1 heterocycles. The molecule has 2 amide bonds. The molecule has 0 bridgehead atoms. The Hall–Kier alpha value is -1.14. The molecule has 0 spiro atoms. The average Bonchev–Trinajstić information content (AvgIpc) is 2.69. The first kappa shape index (κ1) is 12.9. The van der Waals surface area contributed by atoms with Crippen LogP contribution in [0.1, 0.15) is 33.6 Å². The second kappa shape index (κ2) is 4.80. The lowest BCUT2D eigenvalue weighted by Crippen LogP contribution is -2.55. The number of hydrogen-bond donors (Lipinski definition) is 2. The van der Waals surface area contributed by atoms with Crippen molar-refractivity contribution in [3.63, 3.8) is 0 Å². The van der Waals surface area contributed by atoms with Crippen molar-refractivity contribution in [1.82, 2.24) is 9.91 Å². The first-order valence-corrected chi connectivity index (χ1v) is 5.48. The molecular formula is C10H20N4O2. The predicted molar refractivity (Wildman–Crippen MR) is 60.8 cm³/mol. The van der Waals surface area contributed by atoms with Gasteiger partial charge in [0.1, 0.15) is 12.6 Å². The van der Waals surface area contributed by atoms with Crippen LogP contribution in [0.15, 0.2) is 0 Å². The van der Waals surface area contributed by atoms with Gasteiger partial charge in [-0.3, -0.25) is 10.3 Å². The van der Waals surface area contributed by atoms with Gasteiger partial charge in [0.05, 0.1) is 12.1 Å².